The topological polar surface area (TPSA) is 81.8 Å². The van der Waals surface area contributed by atoms with Crippen molar-refractivity contribution in [1.82, 2.24) is 0 Å². The van der Waals surface area contributed by atoms with Gasteiger partial charge in [0.2, 0.25) is 6.29 Å². The van der Waals surface area contributed by atoms with Gasteiger partial charge in [-0.05, 0) is 12.3 Å². The summed E-state index contributed by atoms with van der Waals surface area (Å²) < 4.78 is 9.88. The summed E-state index contributed by atoms with van der Waals surface area (Å²) in [5.74, 6) is 0. The Labute approximate surface area is 84.2 Å². The molecule has 1 amide bonds. The lowest BCUT2D eigenvalue weighted by Gasteiger charge is -2.30. The van der Waals surface area contributed by atoms with Crippen molar-refractivity contribution in [3.63, 3.8) is 0 Å². The van der Waals surface area contributed by atoms with Crippen LogP contribution in [0.3, 0.4) is 0 Å². The minimum absolute atomic E-state index is 0.129. The average molecular weight is 205 g/mol. The Morgan fingerprint density at radius 3 is 2.29 bits per heavy atom. The van der Waals surface area contributed by atoms with E-state index in [0.29, 0.717) is 0 Å². The first-order valence-corrected chi connectivity index (χ1v) is 4.49. The van der Waals surface area contributed by atoms with Crippen LogP contribution in [0, 0.1) is 5.41 Å². The van der Waals surface area contributed by atoms with Crippen LogP contribution < -0.4 is 5.73 Å². The molecule has 0 radical (unpaired) electrons. The van der Waals surface area contributed by atoms with Gasteiger partial charge >= 0.3 is 6.09 Å². The Morgan fingerprint density at radius 2 is 2.00 bits per heavy atom. The smallest absolute Gasteiger partial charge is 0.406 e. The van der Waals surface area contributed by atoms with E-state index in [4.69, 9.17) is 15.6 Å². The Hall–Kier alpha value is -0.810. The zero-order chi connectivity index (χ0) is 11.4. The van der Waals surface area contributed by atoms with Gasteiger partial charge in [-0.3, -0.25) is 0 Å². The van der Waals surface area contributed by atoms with Gasteiger partial charge in [0, 0.05) is 0 Å². The summed E-state index contributed by atoms with van der Waals surface area (Å²) in [6.45, 7) is 7.19. The highest BCUT2D eigenvalue weighted by atomic mass is 16.7. The number of carbonyl (C=O) groups is 1. The summed E-state index contributed by atoms with van der Waals surface area (Å²) in [4.78, 5) is 10.4. The molecule has 0 saturated heterocycles. The second-order valence-corrected chi connectivity index (χ2v) is 4.18. The molecule has 0 saturated carbocycles. The Balaban J connectivity index is 4.12. The van der Waals surface area contributed by atoms with Crippen molar-refractivity contribution >= 4 is 6.09 Å². The fourth-order valence-corrected chi connectivity index (χ4v) is 0.944. The third-order valence-corrected chi connectivity index (χ3v) is 1.77. The van der Waals surface area contributed by atoms with Crippen LogP contribution in [0.2, 0.25) is 0 Å². The first-order valence-electron chi connectivity index (χ1n) is 4.49. The van der Waals surface area contributed by atoms with E-state index < -0.39 is 18.5 Å². The second kappa shape index (κ2) is 5.17. The lowest BCUT2D eigenvalue weighted by molar-refractivity contribution is -0.165. The van der Waals surface area contributed by atoms with Gasteiger partial charge in [-0.25, -0.2) is 4.79 Å². The van der Waals surface area contributed by atoms with E-state index in [2.05, 4.69) is 4.74 Å². The van der Waals surface area contributed by atoms with Crippen LogP contribution >= 0.6 is 0 Å². The minimum atomic E-state index is -0.886. The van der Waals surface area contributed by atoms with Crippen LogP contribution in [0.15, 0.2) is 0 Å². The van der Waals surface area contributed by atoms with E-state index in [1.807, 2.05) is 20.8 Å². The summed E-state index contributed by atoms with van der Waals surface area (Å²) in [5, 5.41) is 9.05. The maximum atomic E-state index is 10.4. The molecule has 0 spiro atoms. The van der Waals surface area contributed by atoms with Crippen LogP contribution in [-0.2, 0) is 9.47 Å². The van der Waals surface area contributed by atoms with E-state index in [1.165, 1.54) is 0 Å². The Kier molecular flexibility index (Phi) is 4.87. The molecule has 0 bridgehead atoms. The fraction of sp³-hybridized carbons (Fsp3) is 0.889. The number of primary amides is 1. The zero-order valence-corrected chi connectivity index (χ0v) is 9.11. The van der Waals surface area contributed by atoms with Gasteiger partial charge in [0.05, 0.1) is 12.7 Å². The van der Waals surface area contributed by atoms with Crippen LogP contribution in [-0.4, -0.2) is 30.2 Å². The first-order chi connectivity index (χ1) is 6.27. The largest absolute Gasteiger partial charge is 0.420 e. The molecule has 0 aromatic heterocycles. The predicted molar refractivity (Wildman–Crippen MR) is 51.5 cm³/mol. The summed E-state index contributed by atoms with van der Waals surface area (Å²) >= 11 is 0. The van der Waals surface area contributed by atoms with Crippen LogP contribution in [0.25, 0.3) is 0 Å². The average Bonchev–Trinajstić information content (AvgIpc) is 1.96. The van der Waals surface area contributed by atoms with Crippen molar-refractivity contribution < 1.29 is 19.4 Å². The van der Waals surface area contributed by atoms with E-state index in [-0.39, 0.29) is 12.0 Å². The Morgan fingerprint density at radius 1 is 1.50 bits per heavy atom. The molecule has 0 aliphatic heterocycles. The van der Waals surface area contributed by atoms with Crippen molar-refractivity contribution in [2.75, 3.05) is 6.61 Å². The van der Waals surface area contributed by atoms with Gasteiger partial charge in [0.15, 0.2) is 0 Å². The standard InChI is InChI=1S/C9H19NO4/c1-6(14-8(10)12)13-7(5-11)9(2,3)4/h6-7,11H,5H2,1-4H3,(H2,10,12). The summed E-state index contributed by atoms with van der Waals surface area (Å²) in [6, 6.07) is 0. The lowest BCUT2D eigenvalue weighted by Crippen LogP contribution is -2.37. The van der Waals surface area contributed by atoms with Gasteiger partial charge in [-0.2, -0.15) is 0 Å². The number of rotatable bonds is 4. The number of aliphatic hydroxyl groups is 1. The molecule has 0 fully saturated rings. The predicted octanol–water partition coefficient (Wildman–Crippen LogP) is 0.851. The van der Waals surface area contributed by atoms with E-state index in [9.17, 15) is 4.79 Å². The molecule has 0 aliphatic rings. The molecular weight excluding hydrogens is 186 g/mol. The summed E-state index contributed by atoms with van der Waals surface area (Å²) in [6.07, 6.45) is -2.02. The van der Waals surface area contributed by atoms with Crippen molar-refractivity contribution in [1.29, 1.82) is 0 Å². The number of aliphatic hydroxyl groups excluding tert-OH is 1. The molecule has 2 atom stereocenters. The monoisotopic (exact) mass is 205 g/mol. The van der Waals surface area contributed by atoms with Gasteiger partial charge < -0.3 is 20.3 Å². The molecule has 0 heterocycles. The highest BCUT2D eigenvalue weighted by Gasteiger charge is 2.27. The molecule has 0 aliphatic carbocycles. The van der Waals surface area contributed by atoms with E-state index in [1.54, 1.807) is 6.92 Å². The highest BCUT2D eigenvalue weighted by molar-refractivity contribution is 5.64. The molecule has 84 valence electrons. The lowest BCUT2D eigenvalue weighted by atomic mass is 9.89. The summed E-state index contributed by atoms with van der Waals surface area (Å²) in [5.41, 5.74) is 4.60. The number of nitrogens with two attached hydrogens (primary N) is 1. The van der Waals surface area contributed by atoms with Crippen LogP contribution in [0.5, 0.6) is 0 Å². The molecule has 2 unspecified atom stereocenters. The van der Waals surface area contributed by atoms with Gasteiger partial charge in [-0.1, -0.05) is 20.8 Å². The number of hydrogen-bond donors (Lipinski definition) is 2. The third kappa shape index (κ3) is 5.04. The molecule has 0 aromatic rings. The van der Waals surface area contributed by atoms with Gasteiger partial charge in [-0.15, -0.1) is 0 Å². The first kappa shape index (κ1) is 13.2. The minimum Gasteiger partial charge on any atom is -0.420 e. The number of hydrogen-bond acceptors (Lipinski definition) is 4. The highest BCUT2D eigenvalue weighted by Crippen LogP contribution is 2.23. The van der Waals surface area contributed by atoms with Gasteiger partial charge in [0.25, 0.3) is 0 Å². The normalized spacial score (nSPS) is 16.1. The maximum Gasteiger partial charge on any atom is 0.406 e. The number of ether oxygens (including phenoxy) is 2. The molecule has 0 aromatic carbocycles. The molecule has 14 heavy (non-hydrogen) atoms. The second-order valence-electron chi connectivity index (χ2n) is 4.18. The molecular formula is C9H19NO4. The Bertz CT molecular complexity index is 188. The van der Waals surface area contributed by atoms with Crippen LogP contribution in [0.1, 0.15) is 27.7 Å². The molecule has 3 N–H and O–H groups in total. The third-order valence-electron chi connectivity index (χ3n) is 1.77. The quantitative estimate of drug-likeness (QED) is 0.667. The van der Waals surface area contributed by atoms with Crippen molar-refractivity contribution in [3.05, 3.63) is 0 Å². The number of carbonyl (C=O) groups excluding carboxylic acids is 1. The van der Waals surface area contributed by atoms with Gasteiger partial charge in [0.1, 0.15) is 0 Å². The van der Waals surface area contributed by atoms with E-state index >= 15 is 0 Å². The molecule has 0 rings (SSSR count). The number of amides is 1. The van der Waals surface area contributed by atoms with Crippen LogP contribution in [0.4, 0.5) is 4.79 Å². The van der Waals surface area contributed by atoms with E-state index in [0.717, 1.165) is 0 Å². The SMILES string of the molecule is CC(OC(N)=O)OC(CO)C(C)(C)C. The summed E-state index contributed by atoms with van der Waals surface area (Å²) in [7, 11) is 0. The fourth-order valence-electron chi connectivity index (χ4n) is 0.944. The van der Waals surface area contributed by atoms with Crippen molar-refractivity contribution in [3.8, 4) is 0 Å². The zero-order valence-electron chi connectivity index (χ0n) is 9.11. The molecule has 5 nitrogen and oxygen atoms in total. The van der Waals surface area contributed by atoms with Crippen molar-refractivity contribution in [2.45, 2.75) is 40.1 Å². The molecule has 5 heteroatoms. The van der Waals surface area contributed by atoms with Crippen molar-refractivity contribution in [2.24, 2.45) is 11.1 Å². The maximum absolute atomic E-state index is 10.4.